The van der Waals surface area contributed by atoms with Crippen LogP contribution in [0.3, 0.4) is 0 Å². The summed E-state index contributed by atoms with van der Waals surface area (Å²) in [6, 6.07) is 0. The fourth-order valence-corrected chi connectivity index (χ4v) is 3.10. The SMILES string of the molecule is CCCCCN(CC)S(=O)(=O)CCCl. The maximum atomic E-state index is 11.6. The van der Waals surface area contributed by atoms with E-state index in [-0.39, 0.29) is 11.6 Å². The van der Waals surface area contributed by atoms with Crippen LogP contribution in [-0.4, -0.2) is 37.4 Å². The summed E-state index contributed by atoms with van der Waals surface area (Å²) in [4.78, 5) is 0. The van der Waals surface area contributed by atoms with Crippen LogP contribution in [-0.2, 0) is 10.0 Å². The standard InChI is InChI=1S/C9H20ClNO2S/c1-3-5-6-8-11(4-2)14(12,13)9-7-10/h3-9H2,1-2H3. The number of hydrogen-bond donors (Lipinski definition) is 0. The summed E-state index contributed by atoms with van der Waals surface area (Å²) in [5, 5.41) is 0. The summed E-state index contributed by atoms with van der Waals surface area (Å²) in [6.07, 6.45) is 3.12. The van der Waals surface area contributed by atoms with Gasteiger partial charge in [-0.05, 0) is 6.42 Å². The molecular weight excluding hydrogens is 222 g/mol. The van der Waals surface area contributed by atoms with Crippen LogP contribution >= 0.6 is 11.6 Å². The van der Waals surface area contributed by atoms with Crippen molar-refractivity contribution in [2.45, 2.75) is 33.1 Å². The van der Waals surface area contributed by atoms with Gasteiger partial charge in [0.15, 0.2) is 0 Å². The minimum Gasteiger partial charge on any atom is -0.212 e. The molecular formula is C9H20ClNO2S. The number of hydrogen-bond acceptors (Lipinski definition) is 2. The Morgan fingerprint density at radius 3 is 2.29 bits per heavy atom. The van der Waals surface area contributed by atoms with Gasteiger partial charge >= 0.3 is 0 Å². The van der Waals surface area contributed by atoms with Gasteiger partial charge in [-0.25, -0.2) is 12.7 Å². The highest BCUT2D eigenvalue weighted by atomic mass is 35.5. The highest BCUT2D eigenvalue weighted by molar-refractivity contribution is 7.89. The Kier molecular flexibility index (Phi) is 7.59. The molecule has 5 heteroatoms. The fraction of sp³-hybridized carbons (Fsp3) is 1.00. The van der Waals surface area contributed by atoms with Crippen LogP contribution < -0.4 is 0 Å². The van der Waals surface area contributed by atoms with Crippen LogP contribution in [0.4, 0.5) is 0 Å². The molecule has 3 nitrogen and oxygen atoms in total. The molecule has 0 aliphatic carbocycles. The van der Waals surface area contributed by atoms with E-state index in [2.05, 4.69) is 6.92 Å². The first-order valence-electron chi connectivity index (χ1n) is 5.12. The van der Waals surface area contributed by atoms with Gasteiger partial charge in [-0.1, -0.05) is 26.7 Å². The zero-order valence-electron chi connectivity index (χ0n) is 9.00. The summed E-state index contributed by atoms with van der Waals surface area (Å²) >= 11 is 5.44. The number of sulfonamides is 1. The first kappa shape index (κ1) is 14.2. The minimum absolute atomic E-state index is 0.0501. The molecule has 0 bridgehead atoms. The molecule has 0 radical (unpaired) electrons. The highest BCUT2D eigenvalue weighted by Crippen LogP contribution is 2.05. The molecule has 14 heavy (non-hydrogen) atoms. The molecule has 0 heterocycles. The zero-order chi connectivity index (χ0) is 11.0. The first-order valence-corrected chi connectivity index (χ1v) is 7.26. The molecule has 86 valence electrons. The van der Waals surface area contributed by atoms with Crippen molar-refractivity contribution in [1.82, 2.24) is 4.31 Å². The molecule has 0 aromatic heterocycles. The van der Waals surface area contributed by atoms with Crippen LogP contribution in [0.1, 0.15) is 33.1 Å². The predicted molar refractivity (Wildman–Crippen MR) is 61.3 cm³/mol. The molecule has 0 rings (SSSR count). The van der Waals surface area contributed by atoms with Gasteiger partial charge in [0.05, 0.1) is 5.75 Å². The van der Waals surface area contributed by atoms with E-state index in [1.165, 1.54) is 4.31 Å². The van der Waals surface area contributed by atoms with Gasteiger partial charge < -0.3 is 0 Å². The fourth-order valence-electron chi connectivity index (χ4n) is 1.26. The monoisotopic (exact) mass is 241 g/mol. The Hall–Kier alpha value is 0.200. The quantitative estimate of drug-likeness (QED) is 0.482. The van der Waals surface area contributed by atoms with Gasteiger partial charge in [-0.3, -0.25) is 0 Å². The van der Waals surface area contributed by atoms with E-state index in [4.69, 9.17) is 11.6 Å². The largest absolute Gasteiger partial charge is 0.215 e. The van der Waals surface area contributed by atoms with Crippen LogP contribution in [0.15, 0.2) is 0 Å². The lowest BCUT2D eigenvalue weighted by atomic mass is 10.2. The molecule has 0 saturated carbocycles. The molecule has 0 fully saturated rings. The van der Waals surface area contributed by atoms with Crippen LogP contribution in [0.5, 0.6) is 0 Å². The molecule has 0 unspecified atom stereocenters. The Bertz CT molecular complexity index is 229. The molecule has 0 atom stereocenters. The third-order valence-electron chi connectivity index (χ3n) is 2.09. The third-order valence-corrected chi connectivity index (χ3v) is 4.45. The Morgan fingerprint density at radius 1 is 1.21 bits per heavy atom. The minimum atomic E-state index is -3.10. The second-order valence-electron chi connectivity index (χ2n) is 3.20. The average molecular weight is 242 g/mol. The van der Waals surface area contributed by atoms with Crippen molar-refractivity contribution >= 4 is 21.6 Å². The van der Waals surface area contributed by atoms with E-state index in [9.17, 15) is 8.42 Å². The van der Waals surface area contributed by atoms with Crippen LogP contribution in [0.2, 0.25) is 0 Å². The number of rotatable bonds is 8. The summed E-state index contributed by atoms with van der Waals surface area (Å²) in [5.41, 5.74) is 0. The first-order chi connectivity index (χ1) is 6.58. The molecule has 0 aromatic carbocycles. The summed E-state index contributed by atoms with van der Waals surface area (Å²) in [5.74, 6) is 0.223. The number of alkyl halides is 1. The lowest BCUT2D eigenvalue weighted by Crippen LogP contribution is -2.34. The molecule has 0 aromatic rings. The smallest absolute Gasteiger partial charge is 0.212 e. The predicted octanol–water partition coefficient (Wildman–Crippen LogP) is 2.07. The molecule has 0 aliphatic heterocycles. The zero-order valence-corrected chi connectivity index (χ0v) is 10.6. The van der Waals surface area contributed by atoms with Gasteiger partial charge in [0.25, 0.3) is 0 Å². The van der Waals surface area contributed by atoms with Crippen LogP contribution in [0, 0.1) is 0 Å². The van der Waals surface area contributed by atoms with Gasteiger partial charge in [0, 0.05) is 19.0 Å². The van der Waals surface area contributed by atoms with Crippen molar-refractivity contribution in [3.63, 3.8) is 0 Å². The van der Waals surface area contributed by atoms with Crippen molar-refractivity contribution in [3.8, 4) is 0 Å². The summed E-state index contributed by atoms with van der Waals surface area (Å²) in [7, 11) is -3.10. The lowest BCUT2D eigenvalue weighted by Gasteiger charge is -2.19. The van der Waals surface area contributed by atoms with Crippen molar-refractivity contribution < 1.29 is 8.42 Å². The number of unbranched alkanes of at least 4 members (excludes halogenated alkanes) is 2. The normalized spacial score (nSPS) is 12.3. The number of halogens is 1. The van der Waals surface area contributed by atoms with E-state index in [1.54, 1.807) is 0 Å². The van der Waals surface area contributed by atoms with E-state index < -0.39 is 10.0 Å². The van der Waals surface area contributed by atoms with E-state index in [0.29, 0.717) is 13.1 Å². The maximum absolute atomic E-state index is 11.6. The van der Waals surface area contributed by atoms with Crippen molar-refractivity contribution in [2.75, 3.05) is 24.7 Å². The summed E-state index contributed by atoms with van der Waals surface area (Å²) < 4.78 is 24.7. The van der Waals surface area contributed by atoms with Crippen molar-refractivity contribution in [2.24, 2.45) is 0 Å². The van der Waals surface area contributed by atoms with Gasteiger partial charge in [-0.15, -0.1) is 11.6 Å². The molecule has 0 N–H and O–H groups in total. The van der Waals surface area contributed by atoms with Gasteiger partial charge in [-0.2, -0.15) is 0 Å². The van der Waals surface area contributed by atoms with Crippen molar-refractivity contribution in [1.29, 1.82) is 0 Å². The molecule has 0 spiro atoms. The average Bonchev–Trinajstić information content (AvgIpc) is 2.12. The van der Waals surface area contributed by atoms with E-state index in [1.807, 2.05) is 6.92 Å². The molecule has 0 aliphatic rings. The third kappa shape index (κ3) is 5.17. The molecule has 0 saturated heterocycles. The van der Waals surface area contributed by atoms with Crippen molar-refractivity contribution in [3.05, 3.63) is 0 Å². The summed E-state index contributed by atoms with van der Waals surface area (Å²) in [6.45, 7) is 5.13. The van der Waals surface area contributed by atoms with Gasteiger partial charge in [0.1, 0.15) is 0 Å². The van der Waals surface area contributed by atoms with Gasteiger partial charge in [0.2, 0.25) is 10.0 Å². The number of nitrogens with zero attached hydrogens (tertiary/aromatic N) is 1. The second-order valence-corrected chi connectivity index (χ2v) is 5.67. The van der Waals surface area contributed by atoms with Crippen LogP contribution in [0.25, 0.3) is 0 Å². The Morgan fingerprint density at radius 2 is 1.86 bits per heavy atom. The maximum Gasteiger partial charge on any atom is 0.215 e. The lowest BCUT2D eigenvalue weighted by molar-refractivity contribution is 0.416. The topological polar surface area (TPSA) is 37.4 Å². The molecule has 0 amide bonds. The van der Waals surface area contributed by atoms with E-state index in [0.717, 1.165) is 19.3 Å². The Labute approximate surface area is 92.5 Å². The van der Waals surface area contributed by atoms with E-state index >= 15 is 0 Å². The Balaban J connectivity index is 4.11. The highest BCUT2D eigenvalue weighted by Gasteiger charge is 2.18. The second kappa shape index (κ2) is 7.49.